The molecule has 0 radical (unpaired) electrons. The summed E-state index contributed by atoms with van der Waals surface area (Å²) in [5.41, 5.74) is 0.549. The summed E-state index contributed by atoms with van der Waals surface area (Å²) in [5.74, 6) is 0.523. The summed E-state index contributed by atoms with van der Waals surface area (Å²) in [6.45, 7) is -4.82. The van der Waals surface area contributed by atoms with Gasteiger partial charge in [-0.15, -0.1) is 5.46 Å². The van der Waals surface area contributed by atoms with Gasteiger partial charge in [0.1, 0.15) is 0 Å². The average Bonchev–Trinajstić information content (AvgIpc) is 2.85. The van der Waals surface area contributed by atoms with Crippen LogP contribution >= 0.6 is 0 Å². The van der Waals surface area contributed by atoms with E-state index in [1.807, 2.05) is 0 Å². The summed E-state index contributed by atoms with van der Waals surface area (Å²) in [6, 6.07) is 5.58. The molecule has 1 aromatic carbocycles. The van der Waals surface area contributed by atoms with E-state index in [0.29, 0.717) is 5.92 Å². The molecule has 70 valence electrons. The van der Waals surface area contributed by atoms with Crippen LogP contribution < -0.4 is 56.8 Å². The van der Waals surface area contributed by atoms with Gasteiger partial charge in [-0.25, -0.2) is 0 Å². The molecule has 5 heteroatoms. The van der Waals surface area contributed by atoms with Crippen molar-refractivity contribution < 1.29 is 64.3 Å². The third-order valence-corrected chi connectivity index (χ3v) is 2.36. The molecule has 1 saturated carbocycles. The third kappa shape index (κ3) is 3.10. The molecule has 0 unspecified atom stereocenters. The van der Waals surface area contributed by atoms with Crippen LogP contribution in [0.2, 0.25) is 0 Å². The number of hydrogen-bond donors (Lipinski definition) is 0. The molecule has 0 heterocycles. The van der Waals surface area contributed by atoms with Crippen LogP contribution in [-0.2, 0) is 0 Å². The first kappa shape index (κ1) is 12.8. The van der Waals surface area contributed by atoms with Gasteiger partial charge in [0, 0.05) is 0 Å². The van der Waals surface area contributed by atoms with Crippen molar-refractivity contribution in [2.24, 2.45) is 0 Å². The number of rotatable bonds is 2. The molecule has 0 atom stereocenters. The first-order valence-corrected chi connectivity index (χ1v) is 4.37. The first-order valence-electron chi connectivity index (χ1n) is 4.37. The van der Waals surface area contributed by atoms with Crippen molar-refractivity contribution >= 4 is 12.4 Å². The fourth-order valence-corrected chi connectivity index (χ4v) is 1.40. The van der Waals surface area contributed by atoms with Crippen molar-refractivity contribution in [3.05, 3.63) is 29.8 Å². The molecule has 0 amide bonds. The van der Waals surface area contributed by atoms with Gasteiger partial charge in [-0.05, 0) is 24.3 Å². The minimum Gasteiger partial charge on any atom is -0.445 e. The van der Waals surface area contributed by atoms with Crippen molar-refractivity contribution in [2.45, 2.75) is 18.8 Å². The minimum absolute atomic E-state index is 0. The van der Waals surface area contributed by atoms with Crippen molar-refractivity contribution in [3.8, 4) is 0 Å². The second kappa shape index (κ2) is 4.70. The summed E-state index contributed by atoms with van der Waals surface area (Å²) >= 11 is 0. The molecule has 1 aromatic rings. The normalized spacial score (nSPS) is 16.2. The predicted molar refractivity (Wildman–Crippen MR) is 47.1 cm³/mol. The summed E-state index contributed by atoms with van der Waals surface area (Å²) in [5, 5.41) is 0. The van der Waals surface area contributed by atoms with Crippen LogP contribution in [0, 0.1) is 0 Å². The zero-order valence-corrected chi connectivity index (χ0v) is 11.1. The third-order valence-electron chi connectivity index (χ3n) is 2.36. The molecular weight excluding hydrogens is 215 g/mol. The van der Waals surface area contributed by atoms with E-state index in [9.17, 15) is 12.9 Å². The zero-order valence-electron chi connectivity index (χ0n) is 8.01. The van der Waals surface area contributed by atoms with E-state index in [4.69, 9.17) is 0 Å². The minimum atomic E-state index is -4.82. The standard InChI is InChI=1S/C9H9BF3.K/c11-10(12,13)9-5-3-8(4-6-9)7-1-2-7;/h3-7H,1-2H2;/q-1;+1. The Labute approximate surface area is 124 Å². The Morgan fingerprint density at radius 3 is 1.86 bits per heavy atom. The largest absolute Gasteiger partial charge is 1.00 e. The van der Waals surface area contributed by atoms with E-state index in [2.05, 4.69) is 0 Å². The number of halogens is 3. The zero-order chi connectivity index (χ0) is 9.47. The molecule has 14 heavy (non-hydrogen) atoms. The van der Waals surface area contributed by atoms with Crippen molar-refractivity contribution in [1.29, 1.82) is 0 Å². The number of benzene rings is 1. The van der Waals surface area contributed by atoms with Crippen molar-refractivity contribution in [2.75, 3.05) is 0 Å². The number of hydrogen-bond acceptors (Lipinski definition) is 0. The van der Waals surface area contributed by atoms with Crippen LogP contribution in [0.25, 0.3) is 0 Å². The van der Waals surface area contributed by atoms with Crippen LogP contribution in [0.5, 0.6) is 0 Å². The molecule has 2 rings (SSSR count). The molecule has 0 saturated heterocycles. The molecule has 0 N–H and O–H groups in total. The van der Waals surface area contributed by atoms with Gasteiger partial charge in [-0.2, -0.15) is 0 Å². The predicted octanol–water partition coefficient (Wildman–Crippen LogP) is -0.378. The fourth-order valence-electron chi connectivity index (χ4n) is 1.40. The van der Waals surface area contributed by atoms with Gasteiger partial charge in [-0.3, -0.25) is 0 Å². The van der Waals surface area contributed by atoms with Crippen LogP contribution in [-0.4, -0.2) is 6.98 Å². The maximum Gasteiger partial charge on any atom is 1.00 e. The monoisotopic (exact) mass is 224 g/mol. The van der Waals surface area contributed by atoms with Gasteiger partial charge < -0.3 is 12.9 Å². The van der Waals surface area contributed by atoms with Gasteiger partial charge >= 0.3 is 58.4 Å². The fraction of sp³-hybridized carbons (Fsp3) is 0.333. The van der Waals surface area contributed by atoms with Crippen molar-refractivity contribution in [3.63, 3.8) is 0 Å². The summed E-state index contributed by atoms with van der Waals surface area (Å²) in [4.78, 5) is 0. The Bertz CT molecular complexity index is 303. The van der Waals surface area contributed by atoms with E-state index in [1.54, 1.807) is 12.1 Å². The van der Waals surface area contributed by atoms with E-state index in [0.717, 1.165) is 18.4 Å². The molecule has 1 aliphatic rings. The molecule has 0 spiro atoms. The molecule has 1 aliphatic carbocycles. The molecule has 0 aromatic heterocycles. The quantitative estimate of drug-likeness (QED) is 0.601. The van der Waals surface area contributed by atoms with Gasteiger partial charge in [-0.1, -0.05) is 24.3 Å². The molecular formula is C9H9BF3K. The van der Waals surface area contributed by atoms with E-state index in [1.165, 1.54) is 12.1 Å². The second-order valence-corrected chi connectivity index (χ2v) is 3.52. The Morgan fingerprint density at radius 1 is 1.00 bits per heavy atom. The van der Waals surface area contributed by atoms with Crippen LogP contribution in [0.1, 0.15) is 24.3 Å². The van der Waals surface area contributed by atoms with E-state index in [-0.39, 0.29) is 51.4 Å². The Hall–Kier alpha value is 0.711. The van der Waals surface area contributed by atoms with Gasteiger partial charge in [0.15, 0.2) is 0 Å². The van der Waals surface area contributed by atoms with Crippen LogP contribution in [0.3, 0.4) is 0 Å². The van der Waals surface area contributed by atoms with Crippen LogP contribution in [0.15, 0.2) is 24.3 Å². The molecule has 1 fully saturated rings. The maximum absolute atomic E-state index is 12.2. The smallest absolute Gasteiger partial charge is 0.445 e. The maximum atomic E-state index is 12.2. The molecule has 0 aliphatic heterocycles. The second-order valence-electron chi connectivity index (χ2n) is 3.52. The summed E-state index contributed by atoms with van der Waals surface area (Å²) in [6.07, 6.45) is 2.24. The topological polar surface area (TPSA) is 0 Å². The van der Waals surface area contributed by atoms with Gasteiger partial charge in [0.2, 0.25) is 0 Å². The van der Waals surface area contributed by atoms with Gasteiger partial charge in [0.05, 0.1) is 0 Å². The molecule has 0 bridgehead atoms. The average molecular weight is 224 g/mol. The summed E-state index contributed by atoms with van der Waals surface area (Å²) in [7, 11) is 0. The van der Waals surface area contributed by atoms with Gasteiger partial charge in [0.25, 0.3) is 0 Å². The Morgan fingerprint density at radius 2 is 1.50 bits per heavy atom. The Kier molecular flexibility index (Phi) is 4.29. The summed E-state index contributed by atoms with van der Waals surface area (Å²) < 4.78 is 36.6. The van der Waals surface area contributed by atoms with E-state index >= 15 is 0 Å². The van der Waals surface area contributed by atoms with E-state index < -0.39 is 12.4 Å². The Balaban J connectivity index is 0.000000980. The SMILES string of the molecule is F[B-](F)(F)c1ccc(C2CC2)cc1.[K+]. The first-order chi connectivity index (χ1) is 6.07. The van der Waals surface area contributed by atoms with Crippen LogP contribution in [0.4, 0.5) is 12.9 Å². The van der Waals surface area contributed by atoms with Crippen molar-refractivity contribution in [1.82, 2.24) is 0 Å². The molecule has 0 nitrogen and oxygen atoms in total.